The summed E-state index contributed by atoms with van der Waals surface area (Å²) < 4.78 is 76.8. The van der Waals surface area contributed by atoms with Crippen molar-refractivity contribution in [2.24, 2.45) is 0 Å². The van der Waals surface area contributed by atoms with E-state index < -0.39 is 25.7 Å². The Morgan fingerprint density at radius 2 is 1.35 bits per heavy atom. The van der Waals surface area contributed by atoms with Crippen molar-refractivity contribution in [2.45, 2.75) is 24.3 Å². The van der Waals surface area contributed by atoms with Gasteiger partial charge in [-0.1, -0.05) is 48.5 Å². The van der Waals surface area contributed by atoms with Crippen LogP contribution in [0.25, 0.3) is 5.57 Å². The van der Waals surface area contributed by atoms with Crippen molar-refractivity contribution >= 4 is 15.4 Å². The number of ether oxygens (including phenoxy) is 2. The molecule has 0 saturated heterocycles. The monoisotopic (exact) mass is 488 g/mol. The number of alkyl halides is 3. The van der Waals surface area contributed by atoms with Crippen LogP contribution in [0.2, 0.25) is 0 Å². The molecule has 0 spiro atoms. The number of hydrogen-bond donors (Lipinski definition) is 0. The normalized spacial score (nSPS) is 18.4. The quantitative estimate of drug-likeness (QED) is 0.424. The van der Waals surface area contributed by atoms with Crippen LogP contribution in [0.15, 0.2) is 77.7 Å². The average molecular weight is 489 g/mol. The molecule has 8 heteroatoms. The first kappa shape index (κ1) is 23.9. The van der Waals surface area contributed by atoms with E-state index >= 15 is 0 Å². The fourth-order valence-corrected chi connectivity index (χ4v) is 5.89. The molecule has 34 heavy (non-hydrogen) atoms. The van der Waals surface area contributed by atoms with Gasteiger partial charge in [0, 0.05) is 6.42 Å². The Kier molecular flexibility index (Phi) is 5.97. The third-order valence-corrected chi connectivity index (χ3v) is 7.93. The van der Waals surface area contributed by atoms with Gasteiger partial charge in [0.2, 0.25) is 0 Å². The van der Waals surface area contributed by atoms with E-state index in [0.717, 1.165) is 11.1 Å². The van der Waals surface area contributed by atoms with Crippen molar-refractivity contribution in [3.63, 3.8) is 0 Å². The number of benzene rings is 3. The highest BCUT2D eigenvalue weighted by Crippen LogP contribution is 2.61. The number of sulfone groups is 1. The first-order chi connectivity index (χ1) is 16.1. The summed E-state index contributed by atoms with van der Waals surface area (Å²) >= 11 is 0. The van der Waals surface area contributed by atoms with Gasteiger partial charge in [-0.15, -0.1) is 0 Å². The Balaban J connectivity index is 2.08. The predicted octanol–water partition coefficient (Wildman–Crippen LogP) is 6.05. The molecule has 0 fully saturated rings. The van der Waals surface area contributed by atoms with Gasteiger partial charge >= 0.3 is 5.51 Å². The summed E-state index contributed by atoms with van der Waals surface area (Å²) in [6.45, 7) is 1.86. The van der Waals surface area contributed by atoms with E-state index in [9.17, 15) is 21.6 Å². The first-order valence-corrected chi connectivity index (χ1v) is 11.9. The van der Waals surface area contributed by atoms with Crippen molar-refractivity contribution in [3.8, 4) is 11.5 Å². The molecular weight excluding hydrogens is 465 g/mol. The lowest BCUT2D eigenvalue weighted by Gasteiger charge is -2.47. The van der Waals surface area contributed by atoms with Gasteiger partial charge in [0.05, 0.1) is 24.5 Å². The maximum absolute atomic E-state index is 13.7. The summed E-state index contributed by atoms with van der Waals surface area (Å²) in [6, 6.07) is 20.7. The summed E-state index contributed by atoms with van der Waals surface area (Å²) in [6.07, 6.45) is -0.312. The second-order valence-corrected chi connectivity index (χ2v) is 10.1. The zero-order chi connectivity index (χ0) is 24.7. The Labute approximate surface area is 196 Å². The lowest BCUT2D eigenvalue weighted by Crippen LogP contribution is -2.43. The standard InChI is InChI=1S/C26H23F3O4S/c1-17-6-4-5-7-22(17)25(19-10-14-21(33-3)15-11-19)16-23(34(30,31)26(27,28)29)24(25)18-8-12-20(32-2)13-9-18/h4-15H,16H2,1-3H3/t25-/m1/s1. The van der Waals surface area contributed by atoms with E-state index in [2.05, 4.69) is 0 Å². The highest BCUT2D eigenvalue weighted by atomic mass is 32.2. The SMILES string of the molecule is COc1ccc(C2=C(S(=O)(=O)C(F)(F)F)C[C@@]2(c2ccc(OC)cc2)c2ccccc2C)cc1. The Bertz CT molecular complexity index is 1340. The van der Waals surface area contributed by atoms with E-state index in [1.165, 1.54) is 14.2 Å². The van der Waals surface area contributed by atoms with Crippen LogP contribution < -0.4 is 9.47 Å². The lowest BCUT2D eigenvalue weighted by atomic mass is 9.57. The molecule has 0 amide bonds. The van der Waals surface area contributed by atoms with Crippen molar-refractivity contribution < 1.29 is 31.1 Å². The van der Waals surface area contributed by atoms with Gasteiger partial charge in [0.1, 0.15) is 11.5 Å². The molecule has 3 aromatic rings. The minimum Gasteiger partial charge on any atom is -0.497 e. The van der Waals surface area contributed by atoms with Gasteiger partial charge in [-0.05, 0) is 59.0 Å². The van der Waals surface area contributed by atoms with Crippen molar-refractivity contribution in [2.75, 3.05) is 14.2 Å². The number of aryl methyl sites for hydroxylation is 1. The summed E-state index contributed by atoms with van der Waals surface area (Å²) in [5.74, 6) is 1.09. The van der Waals surface area contributed by atoms with E-state index in [-0.39, 0.29) is 12.0 Å². The number of hydrogen-bond acceptors (Lipinski definition) is 4. The van der Waals surface area contributed by atoms with Crippen molar-refractivity contribution in [3.05, 3.63) is 100.0 Å². The topological polar surface area (TPSA) is 52.6 Å². The molecular formula is C26H23F3O4S. The largest absolute Gasteiger partial charge is 0.501 e. The van der Waals surface area contributed by atoms with Crippen LogP contribution >= 0.6 is 0 Å². The Morgan fingerprint density at radius 3 is 1.85 bits per heavy atom. The maximum atomic E-state index is 13.7. The van der Waals surface area contributed by atoms with Gasteiger partial charge in [0.25, 0.3) is 9.84 Å². The summed E-state index contributed by atoms with van der Waals surface area (Å²) in [5, 5.41) is 0. The van der Waals surface area contributed by atoms with E-state index in [1.807, 2.05) is 25.1 Å². The third kappa shape index (κ3) is 3.66. The van der Waals surface area contributed by atoms with Gasteiger partial charge in [0.15, 0.2) is 0 Å². The molecule has 4 nitrogen and oxygen atoms in total. The van der Waals surface area contributed by atoms with Gasteiger partial charge in [-0.3, -0.25) is 0 Å². The zero-order valence-electron chi connectivity index (χ0n) is 18.8. The lowest BCUT2D eigenvalue weighted by molar-refractivity contribution is -0.0428. The van der Waals surface area contributed by atoms with Crippen LogP contribution in [0.1, 0.15) is 28.7 Å². The molecule has 3 aromatic carbocycles. The zero-order valence-corrected chi connectivity index (χ0v) is 19.6. The second kappa shape index (κ2) is 8.51. The van der Waals surface area contributed by atoms with Crippen LogP contribution in [0.3, 0.4) is 0 Å². The van der Waals surface area contributed by atoms with E-state index in [0.29, 0.717) is 22.6 Å². The molecule has 1 atom stereocenters. The van der Waals surface area contributed by atoms with Gasteiger partial charge < -0.3 is 9.47 Å². The molecule has 0 unspecified atom stereocenters. The van der Waals surface area contributed by atoms with Crippen LogP contribution in [0.4, 0.5) is 13.2 Å². The molecule has 0 N–H and O–H groups in total. The molecule has 178 valence electrons. The summed E-state index contributed by atoms with van der Waals surface area (Å²) in [5.41, 5.74) is -3.74. The molecule has 0 radical (unpaired) electrons. The van der Waals surface area contributed by atoms with E-state index in [1.54, 1.807) is 54.6 Å². The second-order valence-electron chi connectivity index (χ2n) is 8.10. The van der Waals surface area contributed by atoms with Crippen LogP contribution in [-0.2, 0) is 15.3 Å². The fraction of sp³-hybridized carbons (Fsp3) is 0.231. The van der Waals surface area contributed by atoms with E-state index in [4.69, 9.17) is 9.47 Å². The van der Waals surface area contributed by atoms with Crippen molar-refractivity contribution in [1.82, 2.24) is 0 Å². The fourth-order valence-electron chi connectivity index (χ4n) is 4.64. The predicted molar refractivity (Wildman–Crippen MR) is 124 cm³/mol. The van der Waals surface area contributed by atoms with Crippen LogP contribution in [0, 0.1) is 6.92 Å². The molecule has 0 saturated carbocycles. The molecule has 4 rings (SSSR count). The highest BCUT2D eigenvalue weighted by molar-refractivity contribution is 7.96. The molecule has 1 aliphatic rings. The third-order valence-electron chi connectivity index (χ3n) is 6.33. The minimum atomic E-state index is -5.54. The number of methoxy groups -OCH3 is 2. The van der Waals surface area contributed by atoms with Gasteiger partial charge in [-0.25, -0.2) is 8.42 Å². The number of rotatable bonds is 6. The molecule has 0 bridgehead atoms. The number of allylic oxidation sites excluding steroid dienone is 2. The molecule has 0 heterocycles. The van der Waals surface area contributed by atoms with Crippen LogP contribution in [0.5, 0.6) is 11.5 Å². The Morgan fingerprint density at radius 1 is 0.824 bits per heavy atom. The maximum Gasteiger partial charge on any atom is 0.501 e. The molecule has 0 aliphatic heterocycles. The summed E-state index contributed by atoms with van der Waals surface area (Å²) in [7, 11) is -2.54. The smallest absolute Gasteiger partial charge is 0.497 e. The van der Waals surface area contributed by atoms with Crippen LogP contribution in [-0.4, -0.2) is 28.1 Å². The molecule has 1 aliphatic carbocycles. The number of halogens is 3. The molecule has 0 aromatic heterocycles. The Hall–Kier alpha value is -3.26. The highest BCUT2D eigenvalue weighted by Gasteiger charge is 2.59. The van der Waals surface area contributed by atoms with Crippen molar-refractivity contribution in [1.29, 1.82) is 0 Å². The first-order valence-electron chi connectivity index (χ1n) is 10.5. The minimum absolute atomic E-state index is 0.118. The van der Waals surface area contributed by atoms with Gasteiger partial charge in [-0.2, -0.15) is 13.2 Å². The summed E-state index contributed by atoms with van der Waals surface area (Å²) in [4.78, 5) is -0.621. The average Bonchev–Trinajstić information content (AvgIpc) is 2.80.